The lowest BCUT2D eigenvalue weighted by Crippen LogP contribution is -2.38. The van der Waals surface area contributed by atoms with Crippen LogP contribution in [0.15, 0.2) is 30.5 Å². The molecule has 6 nitrogen and oxygen atoms in total. The number of hydrogen-bond acceptors (Lipinski definition) is 3. The Morgan fingerprint density at radius 2 is 2.04 bits per heavy atom. The highest BCUT2D eigenvalue weighted by atomic mass is 16.6. The van der Waals surface area contributed by atoms with E-state index in [2.05, 4.69) is 16.4 Å². The molecular weight excluding hydrogens is 318 g/mol. The minimum Gasteiger partial charge on any atom is -0.444 e. The van der Waals surface area contributed by atoms with Crippen LogP contribution in [0, 0.1) is 0 Å². The van der Waals surface area contributed by atoms with Crippen LogP contribution in [0.2, 0.25) is 0 Å². The third-order valence-corrected chi connectivity index (χ3v) is 4.17. The number of alkyl carbamates (subject to hydrolysis) is 1. The van der Waals surface area contributed by atoms with Crippen molar-refractivity contribution in [2.45, 2.75) is 45.3 Å². The monoisotopic (exact) mass is 341 g/mol. The lowest BCUT2D eigenvalue weighted by atomic mass is 9.98. The first-order valence-electron chi connectivity index (χ1n) is 8.33. The van der Waals surface area contributed by atoms with Gasteiger partial charge in [0.15, 0.2) is 0 Å². The second-order valence-electron chi connectivity index (χ2n) is 7.30. The molecule has 0 aliphatic heterocycles. The van der Waals surface area contributed by atoms with E-state index in [4.69, 9.17) is 10.5 Å². The predicted octanol–water partition coefficient (Wildman–Crippen LogP) is 3.34. The number of benzene rings is 1. The molecule has 0 radical (unpaired) electrons. The van der Waals surface area contributed by atoms with Crippen molar-refractivity contribution in [3.63, 3.8) is 0 Å². The van der Waals surface area contributed by atoms with Gasteiger partial charge < -0.3 is 20.8 Å². The van der Waals surface area contributed by atoms with Gasteiger partial charge in [0, 0.05) is 17.6 Å². The summed E-state index contributed by atoms with van der Waals surface area (Å²) in [4.78, 5) is 26.6. The van der Waals surface area contributed by atoms with E-state index in [0.29, 0.717) is 5.56 Å². The number of rotatable bonds is 3. The molecule has 25 heavy (non-hydrogen) atoms. The van der Waals surface area contributed by atoms with Crippen LogP contribution >= 0.6 is 0 Å². The maximum atomic E-state index is 11.9. The molecule has 1 heterocycles. The number of fused-ring (bicyclic) bond motifs is 1. The Kier molecular flexibility index (Phi) is 4.29. The van der Waals surface area contributed by atoms with Crippen LogP contribution in [0.3, 0.4) is 0 Å². The highest BCUT2D eigenvalue weighted by Gasteiger charge is 2.24. The lowest BCUT2D eigenvalue weighted by Gasteiger charge is -2.22. The molecule has 2 amide bonds. The number of nitrogens with one attached hydrogen (secondary N) is 2. The molecule has 1 aromatic heterocycles. The summed E-state index contributed by atoms with van der Waals surface area (Å²) in [5.41, 5.74) is 8.34. The van der Waals surface area contributed by atoms with Crippen molar-refractivity contribution in [1.82, 2.24) is 10.3 Å². The third kappa shape index (κ3) is 3.68. The topological polar surface area (TPSA) is 97.2 Å². The van der Waals surface area contributed by atoms with Gasteiger partial charge in [0.05, 0.1) is 11.1 Å². The molecule has 0 saturated heterocycles. The Hall–Kier alpha value is -2.76. The minimum absolute atomic E-state index is 0.00894. The zero-order chi connectivity index (χ0) is 18.2. The van der Waals surface area contributed by atoms with Gasteiger partial charge in [-0.2, -0.15) is 0 Å². The second kappa shape index (κ2) is 6.27. The molecule has 0 saturated carbocycles. The van der Waals surface area contributed by atoms with Crippen LogP contribution < -0.4 is 11.1 Å². The Morgan fingerprint density at radius 1 is 1.28 bits per heavy atom. The van der Waals surface area contributed by atoms with Crippen LogP contribution in [-0.4, -0.2) is 28.6 Å². The third-order valence-electron chi connectivity index (χ3n) is 4.17. The molecule has 2 aromatic rings. The maximum absolute atomic E-state index is 11.9. The molecule has 4 N–H and O–H groups in total. The summed E-state index contributed by atoms with van der Waals surface area (Å²) in [7, 11) is 0. The average Bonchev–Trinajstić information content (AvgIpc) is 3.12. The quantitative estimate of drug-likeness (QED) is 0.798. The van der Waals surface area contributed by atoms with Gasteiger partial charge in [-0.3, -0.25) is 4.79 Å². The number of nitrogens with two attached hydrogens (primary N) is 1. The van der Waals surface area contributed by atoms with Crippen molar-refractivity contribution >= 4 is 28.5 Å². The fourth-order valence-corrected chi connectivity index (χ4v) is 3.16. The summed E-state index contributed by atoms with van der Waals surface area (Å²) < 4.78 is 5.31. The molecule has 3 rings (SSSR count). The van der Waals surface area contributed by atoms with E-state index in [0.717, 1.165) is 34.9 Å². The molecule has 1 aliphatic rings. The highest BCUT2D eigenvalue weighted by Crippen LogP contribution is 2.34. The molecule has 6 heteroatoms. The van der Waals surface area contributed by atoms with Crippen molar-refractivity contribution in [3.05, 3.63) is 41.6 Å². The zero-order valence-electron chi connectivity index (χ0n) is 14.7. The standard InChI is InChI=1S/C19H23N3O3/c1-19(2,3)25-18(24)22-12-5-4-11(10-12)13-6-7-15(17(20)23)16-14(13)8-9-21-16/h4,6-9,12,21H,5,10H2,1-3H3,(H2,20,23)(H,22,24). The first-order valence-corrected chi connectivity index (χ1v) is 8.33. The highest BCUT2D eigenvalue weighted by molar-refractivity contribution is 6.07. The minimum atomic E-state index is -0.513. The van der Waals surface area contributed by atoms with E-state index in [1.54, 1.807) is 12.3 Å². The van der Waals surface area contributed by atoms with E-state index in [9.17, 15) is 9.59 Å². The summed E-state index contributed by atoms with van der Waals surface area (Å²) in [6, 6.07) is 5.60. The summed E-state index contributed by atoms with van der Waals surface area (Å²) in [5, 5.41) is 3.87. The van der Waals surface area contributed by atoms with Crippen molar-refractivity contribution in [3.8, 4) is 0 Å². The molecule has 1 aliphatic carbocycles. The normalized spacial score (nSPS) is 17.4. The van der Waals surface area contributed by atoms with E-state index in [1.165, 1.54) is 0 Å². The molecule has 0 fully saturated rings. The molecule has 1 unspecified atom stereocenters. The molecule has 1 atom stereocenters. The Balaban J connectivity index is 1.76. The Morgan fingerprint density at radius 3 is 2.72 bits per heavy atom. The Bertz CT molecular complexity index is 858. The number of carbonyl (C=O) groups is 2. The number of aromatic nitrogens is 1. The summed E-state index contributed by atoms with van der Waals surface area (Å²) >= 11 is 0. The SMILES string of the molecule is CC(C)(C)OC(=O)NC1CC=C(c2ccc(C(N)=O)c3[nH]ccc23)C1. The Labute approximate surface area is 146 Å². The van der Waals surface area contributed by atoms with Crippen LogP contribution in [0.4, 0.5) is 4.79 Å². The first kappa shape index (κ1) is 17.1. The maximum Gasteiger partial charge on any atom is 0.407 e. The number of amides is 2. The number of hydrogen-bond donors (Lipinski definition) is 3. The van der Waals surface area contributed by atoms with Gasteiger partial charge in [-0.25, -0.2) is 4.79 Å². The van der Waals surface area contributed by atoms with Crippen LogP contribution in [0.5, 0.6) is 0 Å². The first-order chi connectivity index (χ1) is 11.7. The van der Waals surface area contributed by atoms with Gasteiger partial charge in [0.2, 0.25) is 0 Å². The fraction of sp³-hybridized carbons (Fsp3) is 0.368. The average molecular weight is 341 g/mol. The number of H-pyrrole nitrogens is 1. The zero-order valence-corrected chi connectivity index (χ0v) is 14.7. The summed E-state index contributed by atoms with van der Waals surface area (Å²) in [6.07, 6.45) is 4.98. The summed E-state index contributed by atoms with van der Waals surface area (Å²) in [5.74, 6) is -0.455. The van der Waals surface area contributed by atoms with Crippen molar-refractivity contribution in [1.29, 1.82) is 0 Å². The van der Waals surface area contributed by atoms with Crippen LogP contribution in [0.25, 0.3) is 16.5 Å². The van der Waals surface area contributed by atoms with Gasteiger partial charge >= 0.3 is 6.09 Å². The van der Waals surface area contributed by atoms with Gasteiger partial charge in [-0.15, -0.1) is 0 Å². The molecule has 0 bridgehead atoms. The second-order valence-corrected chi connectivity index (χ2v) is 7.30. The molecule has 132 valence electrons. The van der Waals surface area contributed by atoms with E-state index in [-0.39, 0.29) is 6.04 Å². The van der Waals surface area contributed by atoms with Crippen LogP contribution in [0.1, 0.15) is 49.5 Å². The van der Waals surface area contributed by atoms with Gasteiger partial charge in [-0.1, -0.05) is 12.1 Å². The fourth-order valence-electron chi connectivity index (χ4n) is 3.16. The van der Waals surface area contributed by atoms with Crippen molar-refractivity contribution < 1.29 is 14.3 Å². The van der Waals surface area contributed by atoms with Crippen molar-refractivity contribution in [2.75, 3.05) is 0 Å². The lowest BCUT2D eigenvalue weighted by molar-refractivity contribution is 0.0507. The van der Waals surface area contributed by atoms with Crippen molar-refractivity contribution in [2.24, 2.45) is 5.73 Å². The largest absolute Gasteiger partial charge is 0.444 e. The van der Waals surface area contributed by atoms with Gasteiger partial charge in [0.1, 0.15) is 5.60 Å². The summed E-state index contributed by atoms with van der Waals surface area (Å²) in [6.45, 7) is 5.52. The van der Waals surface area contributed by atoms with E-state index in [1.807, 2.05) is 32.9 Å². The molecular formula is C19H23N3O3. The number of ether oxygens (including phenoxy) is 1. The number of aromatic amines is 1. The molecule has 0 spiro atoms. The predicted molar refractivity (Wildman–Crippen MR) is 97.2 cm³/mol. The number of primary amides is 1. The smallest absolute Gasteiger partial charge is 0.407 e. The van der Waals surface area contributed by atoms with Gasteiger partial charge in [-0.05, 0) is 56.9 Å². The van der Waals surface area contributed by atoms with Gasteiger partial charge in [0.25, 0.3) is 5.91 Å². The van der Waals surface area contributed by atoms with E-state index < -0.39 is 17.6 Å². The number of carbonyl (C=O) groups excluding carboxylic acids is 2. The molecule has 1 aromatic carbocycles. The van der Waals surface area contributed by atoms with E-state index >= 15 is 0 Å². The van der Waals surface area contributed by atoms with Crippen LogP contribution in [-0.2, 0) is 4.74 Å².